The topological polar surface area (TPSA) is 53.5 Å². The van der Waals surface area contributed by atoms with Gasteiger partial charge in [-0.15, -0.1) is 24.0 Å². The highest BCUT2D eigenvalue weighted by molar-refractivity contribution is 14.0. The molecule has 3 atom stereocenters. The third-order valence-electron chi connectivity index (χ3n) is 3.61. The molecule has 22 heavy (non-hydrogen) atoms. The van der Waals surface area contributed by atoms with Crippen molar-refractivity contribution in [3.8, 4) is 0 Å². The number of rotatable bonds is 6. The zero-order valence-electron chi connectivity index (χ0n) is 14.5. The van der Waals surface area contributed by atoms with Crippen molar-refractivity contribution < 1.29 is 4.21 Å². The zero-order valence-corrected chi connectivity index (χ0v) is 18.4. The first-order chi connectivity index (χ1) is 9.86. The summed E-state index contributed by atoms with van der Waals surface area (Å²) in [5.41, 5.74) is 0. The lowest BCUT2D eigenvalue weighted by molar-refractivity contribution is 0.615. The minimum Gasteiger partial charge on any atom is -0.355 e. The minimum atomic E-state index is -0.817. The maximum absolute atomic E-state index is 12.0. The molecule has 4 nitrogen and oxygen atoms in total. The van der Waals surface area contributed by atoms with E-state index >= 15 is 0 Å². The van der Waals surface area contributed by atoms with Crippen LogP contribution in [0, 0.1) is 0 Å². The molecule has 0 aromatic heterocycles. The van der Waals surface area contributed by atoms with E-state index in [9.17, 15) is 4.21 Å². The van der Waals surface area contributed by atoms with Gasteiger partial charge in [-0.3, -0.25) is 9.20 Å². The van der Waals surface area contributed by atoms with Crippen LogP contribution >= 0.6 is 35.7 Å². The summed E-state index contributed by atoms with van der Waals surface area (Å²) in [6.07, 6.45) is 3.72. The Balaban J connectivity index is 0.00000441. The SMILES string of the molecule is CCSC1CCC(NC(=NC)NCCS(=O)C(C)(C)C)C1.I. The molecule has 2 N–H and O–H groups in total. The Hall–Kier alpha value is 0.500. The largest absolute Gasteiger partial charge is 0.355 e. The van der Waals surface area contributed by atoms with Gasteiger partial charge in [0.15, 0.2) is 5.96 Å². The molecule has 0 spiro atoms. The Morgan fingerprint density at radius 1 is 1.36 bits per heavy atom. The van der Waals surface area contributed by atoms with Crippen LogP contribution in [0.2, 0.25) is 0 Å². The van der Waals surface area contributed by atoms with Gasteiger partial charge in [0, 0.05) is 46.2 Å². The molecule has 1 rings (SSSR count). The zero-order chi connectivity index (χ0) is 15.9. The first-order valence-electron chi connectivity index (χ1n) is 7.84. The molecule has 0 radical (unpaired) electrons. The number of hydrogen-bond donors (Lipinski definition) is 2. The fourth-order valence-electron chi connectivity index (χ4n) is 2.41. The summed E-state index contributed by atoms with van der Waals surface area (Å²) in [6, 6.07) is 0.522. The van der Waals surface area contributed by atoms with Crippen molar-refractivity contribution in [2.75, 3.05) is 25.1 Å². The molecule has 0 aromatic carbocycles. The molecular weight excluding hydrogens is 429 g/mol. The molecule has 3 unspecified atom stereocenters. The molecule has 0 aliphatic heterocycles. The summed E-state index contributed by atoms with van der Waals surface area (Å²) < 4.78 is 11.9. The van der Waals surface area contributed by atoms with E-state index in [2.05, 4.69) is 34.3 Å². The van der Waals surface area contributed by atoms with E-state index in [1.54, 1.807) is 7.05 Å². The van der Waals surface area contributed by atoms with Gasteiger partial charge in [-0.25, -0.2) is 0 Å². The van der Waals surface area contributed by atoms with Crippen molar-refractivity contribution in [1.29, 1.82) is 0 Å². The third kappa shape index (κ3) is 8.38. The van der Waals surface area contributed by atoms with Crippen molar-refractivity contribution in [3.63, 3.8) is 0 Å². The van der Waals surface area contributed by atoms with Gasteiger partial charge in [0.1, 0.15) is 0 Å². The van der Waals surface area contributed by atoms with Gasteiger partial charge < -0.3 is 10.6 Å². The number of aliphatic imine (C=N–C) groups is 1. The van der Waals surface area contributed by atoms with E-state index in [-0.39, 0.29) is 28.7 Å². The van der Waals surface area contributed by atoms with Crippen LogP contribution in [0.3, 0.4) is 0 Å². The normalized spacial score (nSPS) is 23.8. The predicted molar refractivity (Wildman–Crippen MR) is 112 cm³/mol. The summed E-state index contributed by atoms with van der Waals surface area (Å²) >= 11 is 2.06. The first-order valence-corrected chi connectivity index (χ1v) is 10.2. The molecule has 1 aliphatic rings. The van der Waals surface area contributed by atoms with Gasteiger partial charge in [-0.2, -0.15) is 11.8 Å². The Kier molecular flexibility index (Phi) is 11.4. The maximum atomic E-state index is 12.0. The average Bonchev–Trinajstić information content (AvgIpc) is 2.84. The molecule has 1 aliphatic carbocycles. The maximum Gasteiger partial charge on any atom is 0.191 e. The second-order valence-electron chi connectivity index (χ2n) is 6.39. The highest BCUT2D eigenvalue weighted by atomic mass is 127. The van der Waals surface area contributed by atoms with Crippen LogP contribution in [0.15, 0.2) is 4.99 Å². The molecule has 1 saturated carbocycles. The second kappa shape index (κ2) is 11.1. The standard InChI is InChI=1S/C15H31N3OS2.HI/c1-6-20-13-8-7-12(11-13)18-14(16-5)17-9-10-21(19)15(2,3)4;/h12-13H,6-11H2,1-5H3,(H2,16,17,18);1H. The average molecular weight is 461 g/mol. The van der Waals surface area contributed by atoms with Gasteiger partial charge >= 0.3 is 0 Å². The van der Waals surface area contributed by atoms with Gasteiger partial charge in [-0.05, 0) is 45.8 Å². The highest BCUT2D eigenvalue weighted by Crippen LogP contribution is 2.29. The van der Waals surface area contributed by atoms with Crippen LogP contribution in [0.25, 0.3) is 0 Å². The fraction of sp³-hybridized carbons (Fsp3) is 0.933. The number of halogens is 1. The Morgan fingerprint density at radius 2 is 2.05 bits per heavy atom. The molecule has 0 saturated heterocycles. The van der Waals surface area contributed by atoms with E-state index in [1.165, 1.54) is 25.0 Å². The van der Waals surface area contributed by atoms with E-state index in [1.807, 2.05) is 20.8 Å². The lowest BCUT2D eigenvalue weighted by atomic mass is 10.2. The number of nitrogens with one attached hydrogen (secondary N) is 2. The Labute approximate surface area is 159 Å². The summed E-state index contributed by atoms with van der Waals surface area (Å²) in [5.74, 6) is 2.69. The molecule has 0 amide bonds. The van der Waals surface area contributed by atoms with Crippen LogP contribution in [-0.2, 0) is 10.8 Å². The van der Waals surface area contributed by atoms with Gasteiger partial charge in [0.25, 0.3) is 0 Å². The van der Waals surface area contributed by atoms with E-state index in [4.69, 9.17) is 0 Å². The number of thioether (sulfide) groups is 1. The summed E-state index contributed by atoms with van der Waals surface area (Å²) in [4.78, 5) is 4.27. The van der Waals surface area contributed by atoms with Gasteiger partial charge in [-0.1, -0.05) is 6.92 Å². The summed E-state index contributed by atoms with van der Waals surface area (Å²) in [5, 5.41) is 7.57. The van der Waals surface area contributed by atoms with Crippen LogP contribution in [0.1, 0.15) is 47.0 Å². The molecule has 0 bridgehead atoms. The van der Waals surface area contributed by atoms with Crippen molar-refractivity contribution in [3.05, 3.63) is 0 Å². The van der Waals surface area contributed by atoms with Crippen LogP contribution in [-0.4, -0.2) is 51.3 Å². The molecule has 132 valence electrons. The van der Waals surface area contributed by atoms with Crippen LogP contribution in [0.5, 0.6) is 0 Å². The van der Waals surface area contributed by atoms with E-state index in [0.29, 0.717) is 18.3 Å². The van der Waals surface area contributed by atoms with E-state index in [0.717, 1.165) is 11.2 Å². The lowest BCUT2D eigenvalue weighted by Crippen LogP contribution is -2.44. The number of nitrogens with zero attached hydrogens (tertiary/aromatic N) is 1. The molecule has 0 heterocycles. The van der Waals surface area contributed by atoms with E-state index < -0.39 is 10.8 Å². The molecule has 0 aromatic rings. The molecule has 1 fully saturated rings. The smallest absolute Gasteiger partial charge is 0.191 e. The predicted octanol–water partition coefficient (Wildman–Crippen LogP) is 2.99. The monoisotopic (exact) mass is 461 g/mol. The van der Waals surface area contributed by atoms with Crippen molar-refractivity contribution in [2.24, 2.45) is 4.99 Å². The van der Waals surface area contributed by atoms with Crippen LogP contribution in [0.4, 0.5) is 0 Å². The van der Waals surface area contributed by atoms with Gasteiger partial charge in [0.05, 0.1) is 0 Å². The third-order valence-corrected chi connectivity index (χ3v) is 6.79. The Morgan fingerprint density at radius 3 is 2.59 bits per heavy atom. The molecule has 7 heteroatoms. The number of hydrogen-bond acceptors (Lipinski definition) is 3. The summed E-state index contributed by atoms with van der Waals surface area (Å²) in [6.45, 7) is 8.96. The Bertz CT molecular complexity index is 372. The fourth-order valence-corrected chi connectivity index (χ4v) is 4.46. The first kappa shape index (κ1) is 22.5. The minimum absolute atomic E-state index is 0. The van der Waals surface area contributed by atoms with Crippen molar-refractivity contribution in [1.82, 2.24) is 10.6 Å². The van der Waals surface area contributed by atoms with Gasteiger partial charge in [0.2, 0.25) is 0 Å². The number of guanidine groups is 1. The molecular formula is C15H32IN3OS2. The quantitative estimate of drug-likeness (QED) is 0.363. The lowest BCUT2D eigenvalue weighted by Gasteiger charge is -2.20. The second-order valence-corrected chi connectivity index (χ2v) is 10.3. The van der Waals surface area contributed by atoms with Crippen molar-refractivity contribution >= 4 is 52.5 Å². The van der Waals surface area contributed by atoms with Crippen LogP contribution < -0.4 is 10.6 Å². The summed E-state index contributed by atoms with van der Waals surface area (Å²) in [7, 11) is 0.978. The van der Waals surface area contributed by atoms with Crippen molar-refractivity contribution in [2.45, 2.75) is 63.0 Å². The highest BCUT2D eigenvalue weighted by Gasteiger charge is 2.25.